The van der Waals surface area contributed by atoms with E-state index in [1.807, 2.05) is 0 Å². The summed E-state index contributed by atoms with van der Waals surface area (Å²) >= 11 is 0. The van der Waals surface area contributed by atoms with Gasteiger partial charge < -0.3 is 14.4 Å². The fourth-order valence-electron chi connectivity index (χ4n) is 9.64. The third-order valence-electron chi connectivity index (χ3n) is 12.9. The Bertz CT molecular complexity index is 3380. The Morgan fingerprint density at radius 2 is 0.537 bits per heavy atom. The zero-order valence-corrected chi connectivity index (χ0v) is 36.8. The largest absolute Gasteiger partial charge is 0.311 e. The molecule has 0 aliphatic carbocycles. The lowest BCUT2D eigenvalue weighted by Gasteiger charge is -2.25. The van der Waals surface area contributed by atoms with Crippen LogP contribution < -0.4 is 9.80 Å². The zero-order chi connectivity index (χ0) is 44.5. The highest BCUT2D eigenvalue weighted by atomic mass is 15.1. The molecule has 0 atom stereocenters. The molecule has 0 saturated heterocycles. The van der Waals surface area contributed by atoms with Crippen LogP contribution in [0.15, 0.2) is 273 Å². The number of aromatic nitrogens is 1. The van der Waals surface area contributed by atoms with Crippen LogP contribution in [0.25, 0.3) is 71.6 Å². The Morgan fingerprint density at radius 3 is 0.955 bits per heavy atom. The minimum Gasteiger partial charge on any atom is -0.311 e. The van der Waals surface area contributed by atoms with Gasteiger partial charge in [0.2, 0.25) is 0 Å². The normalized spacial score (nSPS) is 11.3. The zero-order valence-electron chi connectivity index (χ0n) is 36.8. The number of hydrogen-bond donors (Lipinski definition) is 0. The van der Waals surface area contributed by atoms with Crippen molar-refractivity contribution >= 4 is 66.7 Å². The van der Waals surface area contributed by atoms with Crippen molar-refractivity contribution in [2.45, 2.75) is 0 Å². The lowest BCUT2D eigenvalue weighted by Crippen LogP contribution is -2.09. The number of rotatable bonds is 10. The third kappa shape index (κ3) is 7.59. The summed E-state index contributed by atoms with van der Waals surface area (Å²) in [4.78, 5) is 4.61. The minimum atomic E-state index is 1.11. The van der Waals surface area contributed by atoms with Crippen LogP contribution in [0.3, 0.4) is 0 Å². The summed E-state index contributed by atoms with van der Waals surface area (Å²) in [6.07, 6.45) is 0. The predicted octanol–water partition coefficient (Wildman–Crippen LogP) is 17.9. The highest BCUT2D eigenvalue weighted by molar-refractivity contribution is 6.11. The maximum Gasteiger partial charge on any atom is 0.0541 e. The van der Waals surface area contributed by atoms with E-state index in [1.54, 1.807) is 0 Å². The molecule has 1 aromatic heterocycles. The van der Waals surface area contributed by atoms with Gasteiger partial charge in [-0.1, -0.05) is 158 Å². The first-order chi connectivity index (χ1) is 33.2. The molecule has 3 nitrogen and oxygen atoms in total. The summed E-state index contributed by atoms with van der Waals surface area (Å²) < 4.78 is 2.42. The van der Waals surface area contributed by atoms with E-state index in [-0.39, 0.29) is 0 Å². The first kappa shape index (κ1) is 39.7. The highest BCUT2D eigenvalue weighted by Crippen LogP contribution is 2.41. The van der Waals surface area contributed by atoms with Crippen molar-refractivity contribution in [1.82, 2.24) is 4.57 Å². The summed E-state index contributed by atoms with van der Waals surface area (Å²) in [5.74, 6) is 0. The van der Waals surface area contributed by atoms with Gasteiger partial charge in [0.05, 0.1) is 11.0 Å². The maximum atomic E-state index is 2.42. The molecule has 0 spiro atoms. The van der Waals surface area contributed by atoms with Crippen LogP contribution in [-0.2, 0) is 0 Å². The van der Waals surface area contributed by atoms with Gasteiger partial charge in [-0.15, -0.1) is 0 Å². The molecular formula is C64H45N3. The van der Waals surface area contributed by atoms with Gasteiger partial charge >= 0.3 is 0 Å². The van der Waals surface area contributed by atoms with Crippen molar-refractivity contribution in [2.75, 3.05) is 9.80 Å². The molecule has 0 amide bonds. The Morgan fingerprint density at radius 1 is 0.224 bits per heavy atom. The van der Waals surface area contributed by atoms with Crippen LogP contribution in [0.1, 0.15) is 0 Å². The Kier molecular flexibility index (Phi) is 10.2. The molecule has 0 unspecified atom stereocenters. The van der Waals surface area contributed by atoms with Crippen molar-refractivity contribution in [3.63, 3.8) is 0 Å². The molecule has 0 aliphatic rings. The predicted molar refractivity (Wildman–Crippen MR) is 284 cm³/mol. The van der Waals surface area contributed by atoms with E-state index >= 15 is 0 Å². The monoisotopic (exact) mass is 855 g/mol. The van der Waals surface area contributed by atoms with Crippen LogP contribution in [0, 0.1) is 0 Å². The summed E-state index contributed by atoms with van der Waals surface area (Å²) in [7, 11) is 0. The Hall–Kier alpha value is -8.92. The van der Waals surface area contributed by atoms with Gasteiger partial charge in [-0.25, -0.2) is 0 Å². The molecule has 12 aromatic rings. The van der Waals surface area contributed by atoms with Gasteiger partial charge in [0.15, 0.2) is 0 Å². The van der Waals surface area contributed by atoms with Crippen LogP contribution in [0.5, 0.6) is 0 Å². The first-order valence-corrected chi connectivity index (χ1v) is 22.9. The van der Waals surface area contributed by atoms with E-state index in [0.29, 0.717) is 0 Å². The molecule has 316 valence electrons. The Balaban J connectivity index is 0.952. The van der Waals surface area contributed by atoms with Gasteiger partial charge in [0, 0.05) is 50.6 Å². The molecule has 0 bridgehead atoms. The van der Waals surface area contributed by atoms with E-state index in [4.69, 9.17) is 0 Å². The first-order valence-electron chi connectivity index (χ1n) is 22.9. The van der Waals surface area contributed by atoms with Gasteiger partial charge in [0.1, 0.15) is 0 Å². The lowest BCUT2D eigenvalue weighted by molar-refractivity contribution is 1.18. The summed E-state index contributed by atoms with van der Waals surface area (Å²) in [6.45, 7) is 0. The van der Waals surface area contributed by atoms with E-state index in [1.165, 1.54) is 66.0 Å². The number of anilines is 6. The molecule has 67 heavy (non-hydrogen) atoms. The summed E-state index contributed by atoms with van der Waals surface area (Å²) in [6, 6.07) is 98.5. The fraction of sp³-hybridized carbons (Fsp3) is 0. The van der Waals surface area contributed by atoms with E-state index in [2.05, 4.69) is 287 Å². The number of fused-ring (bicyclic) bond motifs is 4. The number of hydrogen-bond acceptors (Lipinski definition) is 2. The van der Waals surface area contributed by atoms with E-state index in [0.717, 1.165) is 39.8 Å². The van der Waals surface area contributed by atoms with Crippen molar-refractivity contribution in [2.24, 2.45) is 0 Å². The maximum absolute atomic E-state index is 2.42. The minimum absolute atomic E-state index is 1.11. The third-order valence-corrected chi connectivity index (χ3v) is 12.9. The molecule has 12 rings (SSSR count). The Labute approximate surface area is 391 Å². The number of nitrogens with zero attached hydrogens (tertiary/aromatic N) is 3. The second-order valence-corrected chi connectivity index (χ2v) is 17.0. The van der Waals surface area contributed by atoms with E-state index < -0.39 is 0 Å². The summed E-state index contributed by atoms with van der Waals surface area (Å²) in [5.41, 5.74) is 17.3. The van der Waals surface area contributed by atoms with Crippen molar-refractivity contribution < 1.29 is 0 Å². The smallest absolute Gasteiger partial charge is 0.0541 e. The second kappa shape index (κ2) is 17.2. The molecule has 0 N–H and O–H groups in total. The topological polar surface area (TPSA) is 11.4 Å². The van der Waals surface area contributed by atoms with Crippen molar-refractivity contribution in [1.29, 1.82) is 0 Å². The van der Waals surface area contributed by atoms with Crippen LogP contribution in [-0.4, -0.2) is 4.57 Å². The van der Waals surface area contributed by atoms with Crippen LogP contribution in [0.2, 0.25) is 0 Å². The molecule has 3 heteroatoms. The molecular weight excluding hydrogens is 811 g/mol. The molecule has 1 heterocycles. The molecule has 0 fully saturated rings. The van der Waals surface area contributed by atoms with E-state index in [9.17, 15) is 0 Å². The van der Waals surface area contributed by atoms with Gasteiger partial charge in [0.25, 0.3) is 0 Å². The lowest BCUT2D eigenvalue weighted by atomic mass is 9.99. The average Bonchev–Trinajstić information content (AvgIpc) is 3.73. The quantitative estimate of drug-likeness (QED) is 0.136. The SMILES string of the molecule is c1ccc(N(c2ccccc2)c2ccc(-c3ccc4c(c3)c3cc(-c5ccc(N(c6ccccc6)c6ccccc6)cc5)ccc3n4-c3ccc(-c4ccc5ccccc5c4)cc3)cc2)cc1. The van der Waals surface area contributed by atoms with Gasteiger partial charge in [-0.05, 0) is 159 Å². The van der Waals surface area contributed by atoms with Crippen molar-refractivity contribution in [3.05, 3.63) is 273 Å². The van der Waals surface area contributed by atoms with Gasteiger partial charge in [-0.2, -0.15) is 0 Å². The average molecular weight is 856 g/mol. The fourth-order valence-corrected chi connectivity index (χ4v) is 9.64. The standard InChI is InChI=1S/C64H45N3/c1-5-17-54(18-6-1)65(55-19-7-2-8-20-55)58-35-27-48(28-36-58)52-33-41-63-61(44-52)62-45-53(49-29-37-59(38-30-49)66(56-21-9-3-10-22-56)57-23-11-4-12-24-57)34-42-64(62)67(63)60-39-31-47(32-40-60)51-26-25-46-15-13-14-16-50(46)43-51/h1-45H. The molecule has 0 radical (unpaired) electrons. The highest BCUT2D eigenvalue weighted by Gasteiger charge is 2.18. The summed E-state index contributed by atoms with van der Waals surface area (Å²) in [5, 5.41) is 4.92. The molecule has 11 aromatic carbocycles. The number of benzene rings is 11. The van der Waals surface area contributed by atoms with Crippen LogP contribution >= 0.6 is 0 Å². The second-order valence-electron chi connectivity index (χ2n) is 17.0. The van der Waals surface area contributed by atoms with Crippen LogP contribution in [0.4, 0.5) is 34.1 Å². The molecule has 0 saturated carbocycles. The van der Waals surface area contributed by atoms with Gasteiger partial charge in [-0.3, -0.25) is 0 Å². The molecule has 0 aliphatic heterocycles. The number of para-hydroxylation sites is 4. The van der Waals surface area contributed by atoms with Crippen molar-refractivity contribution in [3.8, 4) is 39.1 Å².